The normalized spacial score (nSPS) is 19.9. The van der Waals surface area contributed by atoms with Crippen LogP contribution >= 0.6 is 11.3 Å². The molecule has 114 valence electrons. The van der Waals surface area contributed by atoms with Crippen LogP contribution in [0.25, 0.3) is 0 Å². The minimum absolute atomic E-state index is 0.0418. The fourth-order valence-corrected chi connectivity index (χ4v) is 5.08. The first-order chi connectivity index (χ1) is 9.57. The van der Waals surface area contributed by atoms with E-state index in [9.17, 15) is 8.42 Å². The Labute approximate surface area is 125 Å². The molecule has 2 heterocycles. The smallest absolute Gasteiger partial charge is 0.243 e. The van der Waals surface area contributed by atoms with Crippen molar-refractivity contribution in [3.63, 3.8) is 0 Å². The average Bonchev–Trinajstić information content (AvgIpc) is 3.07. The van der Waals surface area contributed by atoms with Crippen molar-refractivity contribution in [3.8, 4) is 0 Å². The Hall–Kier alpha value is -0.470. The molecule has 0 saturated carbocycles. The molecule has 0 radical (unpaired) electrons. The van der Waals surface area contributed by atoms with Crippen LogP contribution in [0.2, 0.25) is 0 Å². The number of ether oxygens (including phenoxy) is 1. The van der Waals surface area contributed by atoms with Gasteiger partial charge >= 0.3 is 0 Å². The molecule has 1 fully saturated rings. The Bertz CT molecular complexity index is 521. The van der Waals surface area contributed by atoms with E-state index >= 15 is 0 Å². The van der Waals surface area contributed by atoms with E-state index in [4.69, 9.17) is 4.74 Å². The monoisotopic (exact) mass is 318 g/mol. The first-order valence-corrected chi connectivity index (χ1v) is 9.23. The minimum Gasteiger partial charge on any atom is -0.377 e. The molecule has 1 saturated heterocycles. The highest BCUT2D eigenvalue weighted by Gasteiger charge is 2.28. The van der Waals surface area contributed by atoms with Crippen molar-refractivity contribution in [2.45, 2.75) is 37.3 Å². The largest absolute Gasteiger partial charge is 0.377 e. The van der Waals surface area contributed by atoms with Crippen molar-refractivity contribution >= 4 is 21.4 Å². The van der Waals surface area contributed by atoms with Gasteiger partial charge in [-0.3, -0.25) is 0 Å². The third-order valence-electron chi connectivity index (χ3n) is 3.40. The van der Waals surface area contributed by atoms with Crippen LogP contribution in [0.3, 0.4) is 0 Å². The van der Waals surface area contributed by atoms with Gasteiger partial charge in [0.2, 0.25) is 10.0 Å². The highest BCUT2D eigenvalue weighted by molar-refractivity contribution is 7.89. The summed E-state index contributed by atoms with van der Waals surface area (Å²) >= 11 is 1.47. The van der Waals surface area contributed by atoms with Crippen molar-refractivity contribution in [2.75, 3.05) is 26.7 Å². The van der Waals surface area contributed by atoms with Gasteiger partial charge in [0.1, 0.15) is 0 Å². The second kappa shape index (κ2) is 7.00. The molecule has 0 aliphatic carbocycles. The van der Waals surface area contributed by atoms with Crippen molar-refractivity contribution in [1.29, 1.82) is 0 Å². The zero-order valence-corrected chi connectivity index (χ0v) is 13.6. The van der Waals surface area contributed by atoms with Crippen LogP contribution in [-0.2, 0) is 21.3 Å². The molecule has 1 unspecified atom stereocenters. The van der Waals surface area contributed by atoms with Gasteiger partial charge in [0.25, 0.3) is 0 Å². The maximum absolute atomic E-state index is 12.6. The summed E-state index contributed by atoms with van der Waals surface area (Å²) in [6.45, 7) is 4.23. The number of likely N-dealkylation sites (N-methyl/N-ethyl adjacent to an activating group) is 1. The van der Waals surface area contributed by atoms with Crippen LogP contribution < -0.4 is 5.32 Å². The first kappa shape index (κ1) is 15.9. The van der Waals surface area contributed by atoms with E-state index in [0.717, 1.165) is 24.3 Å². The summed E-state index contributed by atoms with van der Waals surface area (Å²) in [5.74, 6) is 0. The van der Waals surface area contributed by atoms with Gasteiger partial charge in [-0.25, -0.2) is 8.42 Å². The third kappa shape index (κ3) is 3.59. The molecule has 7 heteroatoms. The fraction of sp³-hybridized carbons (Fsp3) is 0.692. The Morgan fingerprint density at radius 2 is 2.35 bits per heavy atom. The minimum atomic E-state index is -3.40. The molecule has 0 spiro atoms. The molecule has 1 aromatic rings. The molecule has 0 bridgehead atoms. The molecule has 20 heavy (non-hydrogen) atoms. The lowest BCUT2D eigenvalue weighted by Gasteiger charge is -2.22. The maximum atomic E-state index is 12.6. The summed E-state index contributed by atoms with van der Waals surface area (Å²) < 4.78 is 32.3. The molecule has 0 aromatic carbocycles. The number of sulfonamides is 1. The van der Waals surface area contributed by atoms with Crippen LogP contribution in [0.4, 0.5) is 0 Å². The van der Waals surface area contributed by atoms with Gasteiger partial charge in [-0.2, -0.15) is 4.31 Å². The molecular weight excluding hydrogens is 296 g/mol. The van der Waals surface area contributed by atoms with Crippen molar-refractivity contribution in [1.82, 2.24) is 9.62 Å². The topological polar surface area (TPSA) is 58.6 Å². The zero-order chi connectivity index (χ0) is 14.6. The summed E-state index contributed by atoms with van der Waals surface area (Å²) in [6, 6.07) is 1.76. The first-order valence-electron chi connectivity index (χ1n) is 6.91. The summed E-state index contributed by atoms with van der Waals surface area (Å²) in [6.07, 6.45) is 2.01. The molecular formula is C13H22N2O3S2. The second-order valence-corrected chi connectivity index (χ2v) is 7.80. The fourth-order valence-electron chi connectivity index (χ4n) is 2.32. The maximum Gasteiger partial charge on any atom is 0.243 e. The molecule has 1 aliphatic heterocycles. The second-order valence-electron chi connectivity index (χ2n) is 4.87. The van der Waals surface area contributed by atoms with Gasteiger partial charge in [-0.1, -0.05) is 6.92 Å². The zero-order valence-electron chi connectivity index (χ0n) is 12.0. The van der Waals surface area contributed by atoms with E-state index < -0.39 is 10.0 Å². The summed E-state index contributed by atoms with van der Waals surface area (Å²) in [5, 5.41) is 4.76. The lowest BCUT2D eigenvalue weighted by molar-refractivity contribution is 0.0947. The van der Waals surface area contributed by atoms with Gasteiger partial charge in [0, 0.05) is 36.5 Å². The van der Waals surface area contributed by atoms with Crippen molar-refractivity contribution in [3.05, 3.63) is 16.3 Å². The Kier molecular flexibility index (Phi) is 5.57. The van der Waals surface area contributed by atoms with Gasteiger partial charge in [0.05, 0.1) is 11.0 Å². The molecule has 5 nitrogen and oxygen atoms in total. The van der Waals surface area contributed by atoms with Gasteiger partial charge in [-0.05, 0) is 26.0 Å². The molecule has 1 N–H and O–H groups in total. The molecule has 2 rings (SSSR count). The molecule has 1 aliphatic rings. The van der Waals surface area contributed by atoms with E-state index in [2.05, 4.69) is 5.32 Å². The van der Waals surface area contributed by atoms with Gasteiger partial charge in [-0.15, -0.1) is 11.3 Å². The van der Waals surface area contributed by atoms with Gasteiger partial charge in [0.15, 0.2) is 0 Å². The standard InChI is InChI=1S/C13H22N2O3S2/c1-3-15(9-11-5-4-6-18-11)20(16,17)13-7-12(8-14-2)19-10-13/h7,10-11,14H,3-6,8-9H2,1-2H3. The van der Waals surface area contributed by atoms with Crippen LogP contribution in [0.5, 0.6) is 0 Å². The Morgan fingerprint density at radius 3 is 2.95 bits per heavy atom. The number of hydrogen-bond acceptors (Lipinski definition) is 5. The predicted molar refractivity (Wildman–Crippen MR) is 80.5 cm³/mol. The SMILES string of the molecule is CCN(CC1CCCO1)S(=O)(=O)c1csc(CNC)c1. The van der Waals surface area contributed by atoms with Crippen molar-refractivity contribution in [2.24, 2.45) is 0 Å². The lowest BCUT2D eigenvalue weighted by Crippen LogP contribution is -2.37. The van der Waals surface area contributed by atoms with Crippen LogP contribution in [0.1, 0.15) is 24.6 Å². The van der Waals surface area contributed by atoms with Crippen molar-refractivity contribution < 1.29 is 13.2 Å². The Balaban J connectivity index is 2.12. The molecule has 1 aromatic heterocycles. The quantitative estimate of drug-likeness (QED) is 0.830. The third-order valence-corrected chi connectivity index (χ3v) is 6.41. The van der Waals surface area contributed by atoms with Gasteiger partial charge < -0.3 is 10.1 Å². The average molecular weight is 318 g/mol. The molecule has 1 atom stereocenters. The van der Waals surface area contributed by atoms with Crippen LogP contribution in [0.15, 0.2) is 16.3 Å². The number of nitrogens with one attached hydrogen (secondary N) is 1. The summed E-state index contributed by atoms with van der Waals surface area (Å²) in [7, 11) is -1.55. The highest BCUT2D eigenvalue weighted by atomic mass is 32.2. The number of hydrogen-bond donors (Lipinski definition) is 1. The predicted octanol–water partition coefficient (Wildman–Crippen LogP) is 1.66. The van der Waals surface area contributed by atoms with Crippen LogP contribution in [0, 0.1) is 0 Å². The summed E-state index contributed by atoms with van der Waals surface area (Å²) in [5.41, 5.74) is 0. The summed E-state index contributed by atoms with van der Waals surface area (Å²) in [4.78, 5) is 1.42. The molecule has 0 amide bonds. The number of nitrogens with zero attached hydrogens (tertiary/aromatic N) is 1. The van der Waals surface area contributed by atoms with Crippen LogP contribution in [-0.4, -0.2) is 45.6 Å². The van der Waals surface area contributed by atoms with E-state index in [0.29, 0.717) is 24.5 Å². The van der Waals surface area contributed by atoms with E-state index in [-0.39, 0.29) is 6.10 Å². The van der Waals surface area contributed by atoms with E-state index in [1.54, 1.807) is 11.4 Å². The Morgan fingerprint density at radius 1 is 1.55 bits per heavy atom. The van der Waals surface area contributed by atoms with E-state index in [1.165, 1.54) is 15.6 Å². The number of rotatable bonds is 7. The number of thiophene rings is 1. The highest BCUT2D eigenvalue weighted by Crippen LogP contribution is 2.24. The lowest BCUT2D eigenvalue weighted by atomic mass is 10.2. The van der Waals surface area contributed by atoms with E-state index in [1.807, 2.05) is 14.0 Å².